The number of hydrogen-bond donors (Lipinski definition) is 1. The lowest BCUT2D eigenvalue weighted by Crippen LogP contribution is -2.28. The second-order valence-electron chi connectivity index (χ2n) is 3.93. The highest BCUT2D eigenvalue weighted by Crippen LogP contribution is 2.31. The molecule has 0 radical (unpaired) electrons. The van der Waals surface area contributed by atoms with Crippen molar-refractivity contribution in [1.82, 2.24) is 5.32 Å². The lowest BCUT2D eigenvalue weighted by molar-refractivity contribution is -0.00145. The molecule has 0 fully saturated rings. The van der Waals surface area contributed by atoms with Crippen LogP contribution in [0.4, 0.5) is 8.78 Å². The molecule has 1 aromatic carbocycles. The summed E-state index contributed by atoms with van der Waals surface area (Å²) in [4.78, 5) is 0.892. The molecule has 1 nitrogen and oxygen atoms in total. The number of benzene rings is 1. The zero-order chi connectivity index (χ0) is 12.2. The number of nitrogens with one attached hydrogen (secondary N) is 1. The first-order valence-electron chi connectivity index (χ1n) is 5.25. The van der Waals surface area contributed by atoms with Crippen LogP contribution in [0.1, 0.15) is 19.4 Å². The number of likely N-dealkylation sites (N-methyl/N-ethyl adjacent to an activating group) is 1. The summed E-state index contributed by atoms with van der Waals surface area (Å²) < 4.78 is 27.2. The van der Waals surface area contributed by atoms with Gasteiger partial charge in [-0.3, -0.25) is 0 Å². The second kappa shape index (κ2) is 5.64. The van der Waals surface area contributed by atoms with E-state index in [1.54, 1.807) is 23.9 Å². The van der Waals surface area contributed by atoms with Gasteiger partial charge >= 0.3 is 0 Å². The topological polar surface area (TPSA) is 12.0 Å². The van der Waals surface area contributed by atoms with E-state index in [1.165, 1.54) is 13.1 Å². The summed E-state index contributed by atoms with van der Waals surface area (Å²) in [5.74, 6) is -2.80. The Balaban J connectivity index is 2.89. The van der Waals surface area contributed by atoms with Gasteiger partial charge in [0.25, 0.3) is 5.92 Å². The van der Waals surface area contributed by atoms with Gasteiger partial charge < -0.3 is 5.32 Å². The van der Waals surface area contributed by atoms with E-state index in [9.17, 15) is 8.78 Å². The van der Waals surface area contributed by atoms with Crippen LogP contribution < -0.4 is 5.32 Å². The fourth-order valence-electron chi connectivity index (χ4n) is 1.39. The van der Waals surface area contributed by atoms with E-state index in [2.05, 4.69) is 5.32 Å². The minimum atomic E-state index is -2.80. The highest BCUT2D eigenvalue weighted by atomic mass is 32.2. The SMILES string of the molecule is CNCC(F)(F)c1cccc(SC(C)C)c1. The summed E-state index contributed by atoms with van der Waals surface area (Å²) in [6.07, 6.45) is 0. The quantitative estimate of drug-likeness (QED) is 0.797. The lowest BCUT2D eigenvalue weighted by atomic mass is 10.1. The molecule has 0 aromatic heterocycles. The van der Waals surface area contributed by atoms with Crippen molar-refractivity contribution in [3.8, 4) is 0 Å². The van der Waals surface area contributed by atoms with Gasteiger partial charge in [-0.2, -0.15) is 8.78 Å². The van der Waals surface area contributed by atoms with Crippen LogP contribution in [0.25, 0.3) is 0 Å². The van der Waals surface area contributed by atoms with Gasteiger partial charge in [0.15, 0.2) is 0 Å². The lowest BCUT2D eigenvalue weighted by Gasteiger charge is -2.17. The smallest absolute Gasteiger partial charge is 0.285 e. The third-order valence-corrected chi connectivity index (χ3v) is 3.02. The van der Waals surface area contributed by atoms with Crippen molar-refractivity contribution in [2.75, 3.05) is 13.6 Å². The van der Waals surface area contributed by atoms with Crippen LogP contribution in [0, 0.1) is 0 Å². The molecule has 1 rings (SSSR count). The highest BCUT2D eigenvalue weighted by molar-refractivity contribution is 7.99. The summed E-state index contributed by atoms with van der Waals surface area (Å²) in [5.41, 5.74) is 0.0764. The van der Waals surface area contributed by atoms with Crippen LogP contribution in [0.3, 0.4) is 0 Å². The third-order valence-electron chi connectivity index (χ3n) is 2.03. The van der Waals surface area contributed by atoms with Gasteiger partial charge in [0.05, 0.1) is 6.54 Å². The van der Waals surface area contributed by atoms with Crippen molar-refractivity contribution >= 4 is 11.8 Å². The average Bonchev–Trinajstić information content (AvgIpc) is 2.17. The van der Waals surface area contributed by atoms with E-state index in [0.29, 0.717) is 5.25 Å². The van der Waals surface area contributed by atoms with E-state index in [0.717, 1.165) is 4.90 Å². The molecule has 0 aliphatic heterocycles. The Morgan fingerprint density at radius 2 is 2.06 bits per heavy atom. The summed E-state index contributed by atoms with van der Waals surface area (Å²) in [7, 11) is 1.53. The first-order chi connectivity index (χ1) is 7.45. The second-order valence-corrected chi connectivity index (χ2v) is 5.58. The molecule has 0 saturated heterocycles. The van der Waals surface area contributed by atoms with Crippen LogP contribution in [-0.2, 0) is 5.92 Å². The molecular formula is C12H17F2NS. The van der Waals surface area contributed by atoms with E-state index in [-0.39, 0.29) is 12.1 Å². The number of rotatable bonds is 5. The Kier molecular flexibility index (Phi) is 4.74. The minimum Gasteiger partial charge on any atom is -0.314 e. The van der Waals surface area contributed by atoms with Crippen LogP contribution in [0.5, 0.6) is 0 Å². The Morgan fingerprint density at radius 3 is 2.62 bits per heavy atom. The van der Waals surface area contributed by atoms with Gasteiger partial charge in [0, 0.05) is 15.7 Å². The minimum absolute atomic E-state index is 0.0764. The van der Waals surface area contributed by atoms with Gasteiger partial charge in [-0.05, 0) is 19.2 Å². The van der Waals surface area contributed by atoms with Crippen molar-refractivity contribution in [2.24, 2.45) is 0 Å². The fraction of sp³-hybridized carbons (Fsp3) is 0.500. The van der Waals surface area contributed by atoms with Crippen molar-refractivity contribution < 1.29 is 8.78 Å². The largest absolute Gasteiger partial charge is 0.314 e. The van der Waals surface area contributed by atoms with Gasteiger partial charge in [0.2, 0.25) is 0 Å². The molecule has 0 aliphatic carbocycles. The van der Waals surface area contributed by atoms with E-state index < -0.39 is 5.92 Å². The Bertz CT molecular complexity index is 340. The molecule has 0 amide bonds. The van der Waals surface area contributed by atoms with Gasteiger partial charge in [0.1, 0.15) is 0 Å². The van der Waals surface area contributed by atoms with E-state index in [1.807, 2.05) is 19.9 Å². The zero-order valence-electron chi connectivity index (χ0n) is 9.76. The van der Waals surface area contributed by atoms with Crippen molar-refractivity contribution in [3.05, 3.63) is 29.8 Å². The van der Waals surface area contributed by atoms with E-state index in [4.69, 9.17) is 0 Å². The summed E-state index contributed by atoms with van der Waals surface area (Å²) in [6, 6.07) is 6.59. The molecule has 0 spiro atoms. The maximum atomic E-state index is 13.6. The van der Waals surface area contributed by atoms with Crippen molar-refractivity contribution in [3.63, 3.8) is 0 Å². The first kappa shape index (κ1) is 13.5. The molecule has 0 bridgehead atoms. The Morgan fingerprint density at radius 1 is 1.38 bits per heavy atom. The molecule has 0 saturated carbocycles. The molecule has 0 heterocycles. The number of hydrogen-bond acceptors (Lipinski definition) is 2. The molecule has 1 aromatic rings. The average molecular weight is 245 g/mol. The van der Waals surface area contributed by atoms with Crippen LogP contribution in [0.2, 0.25) is 0 Å². The monoisotopic (exact) mass is 245 g/mol. The molecule has 1 N–H and O–H groups in total. The first-order valence-corrected chi connectivity index (χ1v) is 6.13. The zero-order valence-corrected chi connectivity index (χ0v) is 10.6. The normalized spacial score (nSPS) is 12.1. The van der Waals surface area contributed by atoms with E-state index >= 15 is 0 Å². The maximum Gasteiger partial charge on any atom is 0.285 e. The molecule has 90 valence electrons. The van der Waals surface area contributed by atoms with Gasteiger partial charge in [-0.25, -0.2) is 0 Å². The standard InChI is InChI=1S/C12H17F2NS/c1-9(2)16-11-6-4-5-10(7-11)12(13,14)8-15-3/h4-7,9,15H,8H2,1-3H3. The molecule has 16 heavy (non-hydrogen) atoms. The summed E-state index contributed by atoms with van der Waals surface area (Å²) in [6.45, 7) is 3.76. The number of alkyl halides is 2. The van der Waals surface area contributed by atoms with Crippen molar-refractivity contribution in [1.29, 1.82) is 0 Å². The van der Waals surface area contributed by atoms with Crippen LogP contribution >= 0.6 is 11.8 Å². The molecule has 4 heteroatoms. The molecular weight excluding hydrogens is 228 g/mol. The molecule has 0 aliphatic rings. The fourth-order valence-corrected chi connectivity index (χ4v) is 2.29. The predicted octanol–water partition coefficient (Wildman–Crippen LogP) is 3.50. The molecule has 0 atom stereocenters. The Hall–Kier alpha value is -0.610. The van der Waals surface area contributed by atoms with Crippen molar-refractivity contribution in [2.45, 2.75) is 29.9 Å². The highest BCUT2D eigenvalue weighted by Gasteiger charge is 2.30. The van der Waals surface area contributed by atoms with Gasteiger partial charge in [-0.15, -0.1) is 11.8 Å². The maximum absolute atomic E-state index is 13.6. The Labute approximate surface area is 99.6 Å². The number of halogens is 2. The van der Waals surface area contributed by atoms with Crippen LogP contribution in [-0.4, -0.2) is 18.8 Å². The van der Waals surface area contributed by atoms with Crippen LogP contribution in [0.15, 0.2) is 29.2 Å². The van der Waals surface area contributed by atoms with Gasteiger partial charge in [-0.1, -0.05) is 26.0 Å². The summed E-state index contributed by atoms with van der Waals surface area (Å²) >= 11 is 1.59. The summed E-state index contributed by atoms with van der Waals surface area (Å²) in [5, 5.41) is 2.91. The number of thioether (sulfide) groups is 1. The predicted molar refractivity (Wildman–Crippen MR) is 65.3 cm³/mol. The third kappa shape index (κ3) is 3.76. The molecule has 0 unspecified atom stereocenters.